The molecule has 0 spiro atoms. The van der Waals surface area contributed by atoms with Gasteiger partial charge < -0.3 is 9.72 Å². The van der Waals surface area contributed by atoms with E-state index in [0.717, 1.165) is 10.6 Å². The van der Waals surface area contributed by atoms with Crippen LogP contribution in [0.3, 0.4) is 0 Å². The summed E-state index contributed by atoms with van der Waals surface area (Å²) in [4.78, 5) is 34.1. The van der Waals surface area contributed by atoms with Crippen LogP contribution in [0.25, 0.3) is 10.6 Å². The van der Waals surface area contributed by atoms with Gasteiger partial charge >= 0.3 is 5.97 Å². The van der Waals surface area contributed by atoms with Gasteiger partial charge in [0, 0.05) is 16.0 Å². The zero-order chi connectivity index (χ0) is 18.1. The van der Waals surface area contributed by atoms with E-state index in [1.807, 2.05) is 24.4 Å². The van der Waals surface area contributed by atoms with Crippen molar-refractivity contribution in [2.24, 2.45) is 0 Å². The van der Waals surface area contributed by atoms with Crippen molar-refractivity contribution in [3.63, 3.8) is 0 Å². The van der Waals surface area contributed by atoms with E-state index in [9.17, 15) is 9.59 Å². The summed E-state index contributed by atoms with van der Waals surface area (Å²) in [6.07, 6.45) is 0. The molecule has 0 atom stereocenters. The van der Waals surface area contributed by atoms with E-state index in [4.69, 9.17) is 4.74 Å². The highest BCUT2D eigenvalue weighted by molar-refractivity contribution is 7.17. The number of aryl methyl sites for hydroxylation is 2. The molecular weight excluding hydrogens is 358 g/mol. The SMILES string of the molecule is COC(=O)c1c(C)[nH]c(C(=O)Nc2nc(-c3ccc(C)s3)cs2)c1C. The largest absolute Gasteiger partial charge is 0.465 e. The molecular formula is C17H17N3O3S2. The Balaban J connectivity index is 1.82. The van der Waals surface area contributed by atoms with Crippen LogP contribution < -0.4 is 5.32 Å². The molecule has 0 aliphatic heterocycles. The quantitative estimate of drug-likeness (QED) is 0.671. The van der Waals surface area contributed by atoms with E-state index in [-0.39, 0.29) is 5.91 Å². The monoisotopic (exact) mass is 375 g/mol. The van der Waals surface area contributed by atoms with E-state index in [1.54, 1.807) is 25.2 Å². The fraction of sp³-hybridized carbons (Fsp3) is 0.235. The predicted molar refractivity (Wildman–Crippen MR) is 99.7 cm³/mol. The number of nitrogens with one attached hydrogen (secondary N) is 2. The van der Waals surface area contributed by atoms with Gasteiger partial charge in [0.1, 0.15) is 5.69 Å². The summed E-state index contributed by atoms with van der Waals surface area (Å²) in [6.45, 7) is 5.49. The number of rotatable bonds is 4. The number of H-pyrrole nitrogens is 1. The zero-order valence-corrected chi connectivity index (χ0v) is 15.9. The summed E-state index contributed by atoms with van der Waals surface area (Å²) in [5, 5.41) is 5.20. The number of carbonyl (C=O) groups excluding carboxylic acids is 2. The first-order valence-corrected chi connectivity index (χ1v) is 9.21. The molecule has 0 saturated carbocycles. The lowest BCUT2D eigenvalue weighted by atomic mass is 10.1. The van der Waals surface area contributed by atoms with Crippen molar-refractivity contribution in [1.29, 1.82) is 0 Å². The minimum absolute atomic E-state index is 0.334. The third-order valence-electron chi connectivity index (χ3n) is 3.77. The van der Waals surface area contributed by atoms with Crippen LogP contribution in [0.4, 0.5) is 5.13 Å². The summed E-state index contributed by atoms with van der Waals surface area (Å²) in [7, 11) is 1.32. The van der Waals surface area contributed by atoms with Crippen molar-refractivity contribution in [2.75, 3.05) is 12.4 Å². The first-order chi connectivity index (χ1) is 11.9. The lowest BCUT2D eigenvalue weighted by Gasteiger charge is -2.02. The van der Waals surface area contributed by atoms with Crippen LogP contribution in [0.1, 0.15) is 37.0 Å². The number of thiophene rings is 1. The van der Waals surface area contributed by atoms with Gasteiger partial charge in [-0.2, -0.15) is 0 Å². The number of aromatic amines is 1. The standard InChI is InChI=1S/C17H17N3O3S2/c1-8-5-6-12(25-8)11-7-24-17(19-11)20-15(21)14-9(2)13(10(3)18-14)16(22)23-4/h5-7,18H,1-4H3,(H,19,20,21). The number of carbonyl (C=O) groups is 2. The topological polar surface area (TPSA) is 84.1 Å². The van der Waals surface area contributed by atoms with Gasteiger partial charge in [0.15, 0.2) is 5.13 Å². The summed E-state index contributed by atoms with van der Waals surface area (Å²) >= 11 is 3.02. The Morgan fingerprint density at radius 2 is 2.00 bits per heavy atom. The van der Waals surface area contributed by atoms with Crippen LogP contribution in [-0.2, 0) is 4.74 Å². The van der Waals surface area contributed by atoms with Crippen molar-refractivity contribution in [3.05, 3.63) is 44.9 Å². The van der Waals surface area contributed by atoms with Gasteiger partial charge in [-0.3, -0.25) is 10.1 Å². The van der Waals surface area contributed by atoms with Crippen LogP contribution in [0.15, 0.2) is 17.5 Å². The Kier molecular flexibility index (Phi) is 4.73. The minimum atomic E-state index is -0.463. The Morgan fingerprint density at radius 1 is 1.24 bits per heavy atom. The van der Waals surface area contributed by atoms with Crippen LogP contribution in [0, 0.1) is 20.8 Å². The van der Waals surface area contributed by atoms with E-state index in [0.29, 0.717) is 27.6 Å². The molecule has 0 aromatic carbocycles. The lowest BCUT2D eigenvalue weighted by molar-refractivity contribution is 0.0599. The molecule has 130 valence electrons. The van der Waals surface area contributed by atoms with Crippen molar-refractivity contribution in [1.82, 2.24) is 9.97 Å². The zero-order valence-electron chi connectivity index (χ0n) is 14.2. The van der Waals surface area contributed by atoms with Crippen molar-refractivity contribution < 1.29 is 14.3 Å². The highest BCUT2D eigenvalue weighted by atomic mass is 32.1. The Hall–Kier alpha value is -2.45. The average molecular weight is 375 g/mol. The number of esters is 1. The molecule has 6 nitrogen and oxygen atoms in total. The number of anilines is 1. The third kappa shape index (κ3) is 3.35. The fourth-order valence-electron chi connectivity index (χ4n) is 2.56. The molecule has 0 radical (unpaired) electrons. The van der Waals surface area contributed by atoms with Crippen molar-refractivity contribution in [2.45, 2.75) is 20.8 Å². The first kappa shape index (κ1) is 17.4. The predicted octanol–water partition coefficient (Wildman–Crippen LogP) is 4.16. The molecule has 3 rings (SSSR count). The number of hydrogen-bond acceptors (Lipinski definition) is 6. The molecule has 0 aliphatic rings. The van der Waals surface area contributed by atoms with Gasteiger partial charge in [0.25, 0.3) is 5.91 Å². The van der Waals surface area contributed by atoms with Gasteiger partial charge in [0.2, 0.25) is 0 Å². The molecule has 3 aromatic rings. The number of amides is 1. The first-order valence-electron chi connectivity index (χ1n) is 7.52. The van der Waals surface area contributed by atoms with Crippen LogP contribution in [-0.4, -0.2) is 29.0 Å². The maximum absolute atomic E-state index is 12.5. The smallest absolute Gasteiger partial charge is 0.339 e. The van der Waals surface area contributed by atoms with E-state index in [1.165, 1.54) is 23.3 Å². The van der Waals surface area contributed by atoms with Gasteiger partial charge in [0.05, 0.1) is 23.2 Å². The van der Waals surface area contributed by atoms with Crippen LogP contribution in [0.5, 0.6) is 0 Å². The summed E-state index contributed by atoms with van der Waals surface area (Å²) in [6, 6.07) is 4.05. The Bertz CT molecular complexity index is 952. The number of hydrogen-bond donors (Lipinski definition) is 2. The molecule has 0 aliphatic carbocycles. The Labute approximate surface area is 152 Å². The average Bonchev–Trinajstić information content (AvgIpc) is 3.26. The van der Waals surface area contributed by atoms with Gasteiger partial charge in [-0.1, -0.05) is 0 Å². The number of aromatic nitrogens is 2. The molecule has 25 heavy (non-hydrogen) atoms. The lowest BCUT2D eigenvalue weighted by Crippen LogP contribution is -2.14. The summed E-state index contributed by atoms with van der Waals surface area (Å²) in [5.41, 5.74) is 2.73. The maximum Gasteiger partial charge on any atom is 0.339 e. The second-order valence-corrected chi connectivity index (χ2v) is 7.66. The Morgan fingerprint density at radius 3 is 2.64 bits per heavy atom. The molecule has 8 heteroatoms. The second kappa shape index (κ2) is 6.81. The normalized spacial score (nSPS) is 10.7. The number of methoxy groups -OCH3 is 1. The minimum Gasteiger partial charge on any atom is -0.465 e. The molecule has 1 amide bonds. The molecule has 0 unspecified atom stereocenters. The van der Waals surface area contributed by atoms with Crippen molar-refractivity contribution in [3.8, 4) is 10.6 Å². The summed E-state index contributed by atoms with van der Waals surface area (Å²) < 4.78 is 4.76. The highest BCUT2D eigenvalue weighted by Gasteiger charge is 2.23. The van der Waals surface area contributed by atoms with Crippen LogP contribution in [0.2, 0.25) is 0 Å². The van der Waals surface area contributed by atoms with E-state index < -0.39 is 5.97 Å². The molecule has 0 saturated heterocycles. The molecule has 0 bridgehead atoms. The van der Waals surface area contributed by atoms with E-state index in [2.05, 4.69) is 15.3 Å². The van der Waals surface area contributed by atoms with Crippen molar-refractivity contribution >= 4 is 39.7 Å². The second-order valence-electron chi connectivity index (χ2n) is 5.52. The fourth-order valence-corrected chi connectivity index (χ4v) is 4.17. The maximum atomic E-state index is 12.5. The number of thiazole rings is 1. The molecule has 3 aromatic heterocycles. The molecule has 0 fully saturated rings. The van der Waals surface area contributed by atoms with Crippen LogP contribution >= 0.6 is 22.7 Å². The summed E-state index contributed by atoms with van der Waals surface area (Å²) in [5.74, 6) is -0.797. The third-order valence-corrected chi connectivity index (χ3v) is 5.55. The van der Waals surface area contributed by atoms with Gasteiger partial charge in [-0.05, 0) is 38.5 Å². The number of ether oxygens (including phenoxy) is 1. The van der Waals surface area contributed by atoms with E-state index >= 15 is 0 Å². The highest BCUT2D eigenvalue weighted by Crippen LogP contribution is 2.30. The molecule has 3 heterocycles. The van der Waals surface area contributed by atoms with Gasteiger partial charge in [-0.25, -0.2) is 9.78 Å². The number of nitrogens with zero attached hydrogens (tertiary/aromatic N) is 1. The molecule has 2 N–H and O–H groups in total. The van der Waals surface area contributed by atoms with Gasteiger partial charge in [-0.15, -0.1) is 22.7 Å².